The molecule has 0 unspecified atom stereocenters. The molecule has 4 aromatic rings. The lowest BCUT2D eigenvalue weighted by atomic mass is 10.0. The average molecular weight is 591 g/mol. The second-order valence-corrected chi connectivity index (χ2v) is 12.2. The van der Waals surface area contributed by atoms with Gasteiger partial charge in [-0.15, -0.1) is 11.3 Å². The largest absolute Gasteiger partial charge is 0.444 e. The van der Waals surface area contributed by atoms with E-state index in [-0.39, 0.29) is 12.3 Å². The fourth-order valence-electron chi connectivity index (χ4n) is 3.91. The highest BCUT2D eigenvalue weighted by Gasteiger charge is 2.18. The van der Waals surface area contributed by atoms with Crippen LogP contribution >= 0.6 is 11.3 Å². The van der Waals surface area contributed by atoms with Crippen molar-refractivity contribution in [1.82, 2.24) is 19.7 Å². The van der Waals surface area contributed by atoms with Crippen molar-refractivity contribution in [3.8, 4) is 11.1 Å². The van der Waals surface area contributed by atoms with Gasteiger partial charge < -0.3 is 10.1 Å². The minimum atomic E-state index is -2.48. The predicted molar refractivity (Wildman–Crippen MR) is 150 cm³/mol. The van der Waals surface area contributed by atoms with Gasteiger partial charge in [-0.1, -0.05) is 36.4 Å². The number of hydrogen-bond acceptors (Lipinski definition) is 7. The Morgan fingerprint density at radius 3 is 2.42 bits per heavy atom. The number of alkyl carbamates (subject to hydrolysis) is 1. The third-order valence-corrected chi connectivity index (χ3v) is 7.45. The minimum absolute atomic E-state index is 0.00216. The summed E-state index contributed by atoms with van der Waals surface area (Å²) in [6, 6.07) is 15.3. The van der Waals surface area contributed by atoms with Crippen molar-refractivity contribution in [3.05, 3.63) is 87.4 Å². The standard InChI is InChI=1S/C27H28F2N4O5S2/c1-27(2,3)38-25(34)30-12-21(24(28)29)13-33-26(35)32(16-31-33)14-22-10-20-9-8-19(11-23(20)39-22)18-6-4-17(5-7-18)15-40(36)37/h4-11,16,40H,12-15H2,1-3H3,(H,30,34). The second kappa shape index (κ2) is 12.1. The van der Waals surface area contributed by atoms with Gasteiger partial charge in [0.2, 0.25) is 0 Å². The van der Waals surface area contributed by atoms with Crippen LogP contribution in [0.25, 0.3) is 21.2 Å². The molecule has 2 aromatic heterocycles. The Balaban J connectivity index is 1.45. The third-order valence-electron chi connectivity index (χ3n) is 5.75. The first kappa shape index (κ1) is 29.2. The van der Waals surface area contributed by atoms with E-state index >= 15 is 0 Å². The number of thiol groups is 1. The molecule has 212 valence electrons. The molecule has 0 aliphatic heterocycles. The summed E-state index contributed by atoms with van der Waals surface area (Å²) in [5.74, 6) is 0.00216. The van der Waals surface area contributed by atoms with Crippen LogP contribution in [-0.4, -0.2) is 41.0 Å². The molecule has 9 nitrogen and oxygen atoms in total. The highest BCUT2D eigenvalue weighted by Crippen LogP contribution is 2.31. The van der Waals surface area contributed by atoms with Crippen LogP contribution in [0.2, 0.25) is 0 Å². The molecule has 0 aliphatic rings. The summed E-state index contributed by atoms with van der Waals surface area (Å²) in [6.45, 7) is 4.21. The molecule has 2 heterocycles. The lowest BCUT2D eigenvalue weighted by molar-refractivity contribution is 0.0531. The number of carbonyl (C=O) groups excluding carboxylic acids is 1. The van der Waals surface area contributed by atoms with E-state index in [1.165, 1.54) is 22.2 Å². The van der Waals surface area contributed by atoms with E-state index in [1.54, 1.807) is 32.9 Å². The quantitative estimate of drug-likeness (QED) is 0.272. The highest BCUT2D eigenvalue weighted by atomic mass is 32.2. The van der Waals surface area contributed by atoms with Crippen molar-refractivity contribution < 1.29 is 26.7 Å². The van der Waals surface area contributed by atoms with E-state index in [2.05, 4.69) is 10.4 Å². The smallest absolute Gasteiger partial charge is 0.407 e. The van der Waals surface area contributed by atoms with Crippen LogP contribution in [0.5, 0.6) is 0 Å². The summed E-state index contributed by atoms with van der Waals surface area (Å²) in [4.78, 5) is 25.6. The van der Waals surface area contributed by atoms with Gasteiger partial charge in [0.05, 0.1) is 18.8 Å². The molecule has 0 saturated heterocycles. The molecule has 0 aliphatic carbocycles. The molecule has 1 N–H and O–H groups in total. The van der Waals surface area contributed by atoms with Crippen LogP contribution in [0.15, 0.2) is 71.3 Å². The number of nitrogens with one attached hydrogen (secondary N) is 1. The molecule has 0 bridgehead atoms. The molecule has 0 radical (unpaired) electrons. The van der Waals surface area contributed by atoms with Crippen LogP contribution in [0.3, 0.4) is 0 Å². The molecule has 2 aromatic carbocycles. The number of ether oxygens (including phenoxy) is 1. The van der Waals surface area contributed by atoms with Gasteiger partial charge in [0.25, 0.3) is 6.08 Å². The summed E-state index contributed by atoms with van der Waals surface area (Å²) in [5, 5.41) is 7.24. The maximum atomic E-state index is 13.5. The summed E-state index contributed by atoms with van der Waals surface area (Å²) < 4.78 is 57.2. The van der Waals surface area contributed by atoms with E-state index in [4.69, 9.17) is 4.74 Å². The van der Waals surface area contributed by atoms with E-state index in [0.29, 0.717) is 0 Å². The van der Waals surface area contributed by atoms with Crippen molar-refractivity contribution in [2.45, 2.75) is 45.2 Å². The van der Waals surface area contributed by atoms with Crippen molar-refractivity contribution in [2.75, 3.05) is 6.54 Å². The number of halogens is 2. The Hall–Kier alpha value is -3.84. The molecule has 40 heavy (non-hydrogen) atoms. The number of carbonyl (C=O) groups is 1. The predicted octanol–water partition coefficient (Wildman–Crippen LogP) is 4.76. The normalized spacial score (nSPS) is 11.7. The monoisotopic (exact) mass is 590 g/mol. The van der Waals surface area contributed by atoms with Crippen molar-refractivity contribution in [2.24, 2.45) is 0 Å². The summed E-state index contributed by atoms with van der Waals surface area (Å²) >= 11 is 1.50. The molecular formula is C27H28F2N4O5S2. The van der Waals surface area contributed by atoms with E-state index in [0.717, 1.165) is 36.3 Å². The number of thiophene rings is 1. The maximum absolute atomic E-state index is 13.5. The Bertz CT molecular complexity index is 1680. The van der Waals surface area contributed by atoms with Gasteiger partial charge in [0, 0.05) is 21.7 Å². The Morgan fingerprint density at radius 2 is 1.77 bits per heavy atom. The first-order chi connectivity index (χ1) is 18.9. The molecule has 0 saturated carbocycles. The van der Waals surface area contributed by atoms with Gasteiger partial charge in [0.15, 0.2) is 0 Å². The van der Waals surface area contributed by atoms with Crippen LogP contribution in [0.4, 0.5) is 13.6 Å². The van der Waals surface area contributed by atoms with Crippen LogP contribution in [0.1, 0.15) is 31.2 Å². The number of nitrogens with zero attached hydrogens (tertiary/aromatic N) is 3. The van der Waals surface area contributed by atoms with Gasteiger partial charge in [-0.25, -0.2) is 22.7 Å². The molecule has 1 amide bonds. The number of fused-ring (bicyclic) bond motifs is 1. The number of hydrogen-bond donors (Lipinski definition) is 2. The number of amides is 1. The zero-order valence-corrected chi connectivity index (χ0v) is 23.7. The SMILES string of the molecule is CC(C)(C)OC(=O)NCC(Cn1ncn(Cc2cc3ccc(-c4ccc(C[SH](=O)=O)cc4)cc3s2)c1=O)=C(F)F. The molecule has 0 atom stereocenters. The number of rotatable bonds is 9. The summed E-state index contributed by atoms with van der Waals surface area (Å²) in [7, 11) is -2.48. The van der Waals surface area contributed by atoms with Crippen LogP contribution < -0.4 is 11.0 Å². The zero-order chi connectivity index (χ0) is 29.0. The average Bonchev–Trinajstić information content (AvgIpc) is 3.42. The summed E-state index contributed by atoms with van der Waals surface area (Å²) in [5.41, 5.74) is 0.847. The Morgan fingerprint density at radius 1 is 1.07 bits per heavy atom. The van der Waals surface area contributed by atoms with E-state index < -0.39 is 52.8 Å². The molecule has 4 rings (SSSR count). The Labute approximate surface area is 234 Å². The molecule has 0 fully saturated rings. The van der Waals surface area contributed by atoms with Crippen molar-refractivity contribution >= 4 is 38.2 Å². The van der Waals surface area contributed by atoms with Crippen LogP contribution in [0, 0.1) is 0 Å². The molecule has 13 heteroatoms. The topological polar surface area (TPSA) is 112 Å². The van der Waals surface area contributed by atoms with Gasteiger partial charge in [-0.3, -0.25) is 4.57 Å². The number of aromatic nitrogens is 3. The number of benzene rings is 2. The van der Waals surface area contributed by atoms with Gasteiger partial charge in [-0.05, 0) is 55.0 Å². The molecule has 0 spiro atoms. The lowest BCUT2D eigenvalue weighted by Gasteiger charge is -2.19. The van der Waals surface area contributed by atoms with Crippen LogP contribution in [-0.2, 0) is 34.3 Å². The first-order valence-corrected chi connectivity index (χ1v) is 14.4. The van der Waals surface area contributed by atoms with E-state index in [1.807, 2.05) is 36.4 Å². The van der Waals surface area contributed by atoms with E-state index in [9.17, 15) is 26.8 Å². The fraction of sp³-hybridized carbons (Fsp3) is 0.296. The highest BCUT2D eigenvalue weighted by molar-refractivity contribution is 7.71. The first-order valence-electron chi connectivity index (χ1n) is 12.2. The zero-order valence-electron chi connectivity index (χ0n) is 22.0. The minimum Gasteiger partial charge on any atom is -0.444 e. The second-order valence-electron chi connectivity index (χ2n) is 10.1. The third kappa shape index (κ3) is 7.63. The summed E-state index contributed by atoms with van der Waals surface area (Å²) in [6.07, 6.45) is -1.55. The lowest BCUT2D eigenvalue weighted by Crippen LogP contribution is -2.35. The van der Waals surface area contributed by atoms with Crippen molar-refractivity contribution in [1.29, 1.82) is 0 Å². The Kier molecular flexibility index (Phi) is 8.84. The van der Waals surface area contributed by atoms with Gasteiger partial charge in [0.1, 0.15) is 22.6 Å². The maximum Gasteiger partial charge on any atom is 0.407 e. The van der Waals surface area contributed by atoms with Gasteiger partial charge >= 0.3 is 11.8 Å². The van der Waals surface area contributed by atoms with Gasteiger partial charge in [-0.2, -0.15) is 13.9 Å². The molecular weight excluding hydrogens is 562 g/mol. The fourth-order valence-corrected chi connectivity index (χ4v) is 5.52. The van der Waals surface area contributed by atoms with Crippen molar-refractivity contribution in [3.63, 3.8) is 0 Å².